The Hall–Kier alpha value is -0.0400. The zero-order valence-corrected chi connectivity index (χ0v) is 11.3. The number of thioether (sulfide) groups is 2. The lowest BCUT2D eigenvalue weighted by atomic mass is 10.4. The highest BCUT2D eigenvalue weighted by atomic mass is 32.2. The van der Waals surface area contributed by atoms with E-state index in [-0.39, 0.29) is 0 Å². The topological polar surface area (TPSA) is 37.8 Å². The third-order valence-electron chi connectivity index (χ3n) is 1.59. The van der Waals surface area contributed by atoms with Crippen molar-refractivity contribution in [3.63, 3.8) is 0 Å². The van der Waals surface area contributed by atoms with Crippen molar-refractivity contribution in [2.75, 3.05) is 19.3 Å². The van der Waals surface area contributed by atoms with Crippen LogP contribution in [-0.2, 0) is 0 Å². The first kappa shape index (κ1) is 13.0. The van der Waals surface area contributed by atoms with Crippen LogP contribution >= 0.6 is 34.9 Å². The molecule has 0 bridgehead atoms. The fourth-order valence-corrected chi connectivity index (χ4v) is 3.65. The second-order valence-electron chi connectivity index (χ2n) is 2.91. The van der Waals surface area contributed by atoms with Gasteiger partial charge in [-0.1, -0.05) is 47.9 Å². The maximum Gasteiger partial charge on any atom is 0.175 e. The molecular weight excluding hydrogens is 246 g/mol. The molecule has 1 heterocycles. The van der Waals surface area contributed by atoms with E-state index in [2.05, 4.69) is 29.0 Å². The van der Waals surface area contributed by atoms with Crippen LogP contribution in [0, 0.1) is 0 Å². The zero-order valence-electron chi connectivity index (χ0n) is 8.90. The van der Waals surface area contributed by atoms with Gasteiger partial charge in [0.1, 0.15) is 0 Å². The van der Waals surface area contributed by atoms with Crippen LogP contribution in [0.5, 0.6) is 0 Å². The molecule has 0 radical (unpaired) electrons. The fourth-order valence-electron chi connectivity index (χ4n) is 0.930. The molecule has 1 aromatic heterocycles. The van der Waals surface area contributed by atoms with Crippen molar-refractivity contribution in [2.24, 2.45) is 0 Å². The molecule has 0 fully saturated rings. The zero-order chi connectivity index (χ0) is 11.1. The first-order valence-corrected chi connectivity index (χ1v) is 7.54. The lowest BCUT2D eigenvalue weighted by Gasteiger charge is -2.08. The van der Waals surface area contributed by atoms with E-state index >= 15 is 0 Å². The predicted molar refractivity (Wildman–Crippen MR) is 70.1 cm³/mol. The summed E-state index contributed by atoms with van der Waals surface area (Å²) in [6.45, 7) is 7.67. The molecule has 0 saturated carbocycles. The molecule has 0 saturated heterocycles. The molecule has 6 heteroatoms. The molecule has 0 aliphatic heterocycles. The molecule has 1 atom stereocenters. The first-order valence-electron chi connectivity index (χ1n) is 4.62. The van der Waals surface area contributed by atoms with Crippen LogP contribution < -0.4 is 5.32 Å². The van der Waals surface area contributed by atoms with Crippen LogP contribution in [-0.4, -0.2) is 34.8 Å². The lowest BCUT2D eigenvalue weighted by molar-refractivity contribution is 0.739. The van der Waals surface area contributed by atoms with E-state index in [0.717, 1.165) is 21.8 Å². The number of hydrogen-bond acceptors (Lipinski definition) is 6. The molecule has 3 nitrogen and oxygen atoms in total. The van der Waals surface area contributed by atoms with Gasteiger partial charge in [-0.3, -0.25) is 0 Å². The van der Waals surface area contributed by atoms with E-state index in [9.17, 15) is 0 Å². The Bertz CT molecular complexity index is 301. The SMILES string of the molecule is C=CCNCC(C)Sc1nnc(SC)s1. The summed E-state index contributed by atoms with van der Waals surface area (Å²) in [6.07, 6.45) is 3.89. The Balaban J connectivity index is 2.30. The monoisotopic (exact) mass is 261 g/mol. The van der Waals surface area contributed by atoms with Gasteiger partial charge in [0.2, 0.25) is 0 Å². The quantitative estimate of drug-likeness (QED) is 0.464. The predicted octanol–water partition coefficient (Wildman–Crippen LogP) is 2.52. The van der Waals surface area contributed by atoms with Crippen molar-refractivity contribution < 1.29 is 0 Å². The number of aromatic nitrogens is 2. The van der Waals surface area contributed by atoms with E-state index < -0.39 is 0 Å². The van der Waals surface area contributed by atoms with Gasteiger partial charge in [-0.05, 0) is 6.26 Å². The number of hydrogen-bond donors (Lipinski definition) is 1. The van der Waals surface area contributed by atoms with Crippen molar-refractivity contribution in [1.29, 1.82) is 0 Å². The average Bonchev–Trinajstić information content (AvgIpc) is 2.66. The van der Waals surface area contributed by atoms with Crippen LogP contribution in [0.4, 0.5) is 0 Å². The van der Waals surface area contributed by atoms with Crippen LogP contribution in [0.2, 0.25) is 0 Å². The number of nitrogens with one attached hydrogen (secondary N) is 1. The minimum Gasteiger partial charge on any atom is -0.312 e. The highest BCUT2D eigenvalue weighted by Gasteiger charge is 2.08. The summed E-state index contributed by atoms with van der Waals surface area (Å²) in [5, 5.41) is 12.0. The summed E-state index contributed by atoms with van der Waals surface area (Å²) < 4.78 is 2.08. The third kappa shape index (κ3) is 5.01. The highest BCUT2D eigenvalue weighted by molar-refractivity contribution is 8.03. The highest BCUT2D eigenvalue weighted by Crippen LogP contribution is 2.29. The average molecular weight is 261 g/mol. The fraction of sp³-hybridized carbons (Fsp3) is 0.556. The molecule has 0 spiro atoms. The van der Waals surface area contributed by atoms with Gasteiger partial charge < -0.3 is 5.32 Å². The largest absolute Gasteiger partial charge is 0.312 e. The molecule has 0 amide bonds. The van der Waals surface area contributed by atoms with Crippen LogP contribution in [0.25, 0.3) is 0 Å². The molecule has 1 N–H and O–H groups in total. The van der Waals surface area contributed by atoms with Crippen molar-refractivity contribution in [3.05, 3.63) is 12.7 Å². The second-order valence-corrected chi connectivity index (χ2v) is 6.63. The van der Waals surface area contributed by atoms with E-state index in [1.165, 1.54) is 0 Å². The summed E-state index contributed by atoms with van der Waals surface area (Å²) in [7, 11) is 0. The van der Waals surface area contributed by atoms with Crippen molar-refractivity contribution in [3.8, 4) is 0 Å². The summed E-state index contributed by atoms with van der Waals surface area (Å²) in [4.78, 5) is 0. The van der Waals surface area contributed by atoms with Gasteiger partial charge in [0, 0.05) is 18.3 Å². The Morgan fingerprint density at radius 3 is 2.87 bits per heavy atom. The molecule has 15 heavy (non-hydrogen) atoms. The maximum atomic E-state index is 4.12. The van der Waals surface area contributed by atoms with Gasteiger partial charge in [0.15, 0.2) is 8.68 Å². The molecule has 1 rings (SSSR count). The summed E-state index contributed by atoms with van der Waals surface area (Å²) in [6, 6.07) is 0. The lowest BCUT2D eigenvalue weighted by Crippen LogP contribution is -2.22. The molecule has 0 aliphatic carbocycles. The summed E-state index contributed by atoms with van der Waals surface area (Å²) in [5.74, 6) is 0. The smallest absolute Gasteiger partial charge is 0.175 e. The standard InChI is InChI=1S/C9H15N3S3/c1-4-5-10-6-7(2)14-9-12-11-8(13-3)15-9/h4,7,10H,1,5-6H2,2-3H3. The first-order chi connectivity index (χ1) is 7.26. The number of rotatable bonds is 7. The third-order valence-corrected chi connectivity index (χ3v) is 4.67. The minimum absolute atomic E-state index is 0.507. The molecular formula is C9H15N3S3. The van der Waals surface area contributed by atoms with Gasteiger partial charge >= 0.3 is 0 Å². The molecule has 84 valence electrons. The Labute approximate surface area is 103 Å². The van der Waals surface area contributed by atoms with Gasteiger partial charge in [-0.15, -0.1) is 16.8 Å². The van der Waals surface area contributed by atoms with Crippen molar-refractivity contribution >= 4 is 34.9 Å². The molecule has 1 unspecified atom stereocenters. The molecule has 1 aromatic rings. The van der Waals surface area contributed by atoms with Gasteiger partial charge in [-0.25, -0.2) is 0 Å². The molecule has 0 aliphatic rings. The minimum atomic E-state index is 0.507. The van der Waals surface area contributed by atoms with Gasteiger partial charge in [-0.2, -0.15) is 0 Å². The van der Waals surface area contributed by atoms with E-state index in [4.69, 9.17) is 0 Å². The molecule has 0 aromatic carbocycles. The van der Waals surface area contributed by atoms with E-state index in [0.29, 0.717) is 5.25 Å². The maximum absolute atomic E-state index is 4.12. The van der Waals surface area contributed by atoms with Crippen molar-refractivity contribution in [1.82, 2.24) is 15.5 Å². The van der Waals surface area contributed by atoms with Crippen LogP contribution in [0.15, 0.2) is 21.3 Å². The normalized spacial score (nSPS) is 12.7. The Morgan fingerprint density at radius 1 is 1.53 bits per heavy atom. The Kier molecular flexibility index (Phi) is 6.31. The summed E-state index contributed by atoms with van der Waals surface area (Å²) >= 11 is 5.06. The van der Waals surface area contributed by atoms with Gasteiger partial charge in [0.05, 0.1) is 0 Å². The van der Waals surface area contributed by atoms with Crippen LogP contribution in [0.3, 0.4) is 0 Å². The van der Waals surface area contributed by atoms with E-state index in [1.807, 2.05) is 12.3 Å². The van der Waals surface area contributed by atoms with E-state index in [1.54, 1.807) is 34.9 Å². The summed E-state index contributed by atoms with van der Waals surface area (Å²) in [5.41, 5.74) is 0. The van der Waals surface area contributed by atoms with Gasteiger partial charge in [0.25, 0.3) is 0 Å². The number of nitrogens with zero attached hydrogens (tertiary/aromatic N) is 2. The Morgan fingerprint density at radius 2 is 2.27 bits per heavy atom. The van der Waals surface area contributed by atoms with Crippen molar-refractivity contribution in [2.45, 2.75) is 20.9 Å². The second kappa shape index (κ2) is 7.27. The van der Waals surface area contributed by atoms with Crippen LogP contribution in [0.1, 0.15) is 6.92 Å².